The Morgan fingerprint density at radius 3 is 2.30 bits per heavy atom. The molecule has 30 heavy (non-hydrogen) atoms. The molecule has 1 heterocycles. The summed E-state index contributed by atoms with van der Waals surface area (Å²) < 4.78 is 27.4. The zero-order valence-corrected chi connectivity index (χ0v) is 16.2. The standard InChI is InChI=1S/C22H15F2N3O2.ClH/c23-14-8-13(9-15(24)11-14)21(29)19(20(28)12-4-3-5-16(25)10-12)22-26-17-6-1-2-7-18(17)27-22;/h1-11,29H,25H2,(H,26,27);1H/b21-19-;. The fourth-order valence-corrected chi connectivity index (χ4v) is 3.06. The number of carbonyl (C=O) groups excluding carboxylic acids is 1. The zero-order valence-electron chi connectivity index (χ0n) is 15.4. The number of rotatable bonds is 4. The van der Waals surface area contributed by atoms with E-state index in [-0.39, 0.29) is 34.9 Å². The summed E-state index contributed by atoms with van der Waals surface area (Å²) in [7, 11) is 0. The van der Waals surface area contributed by atoms with Gasteiger partial charge in [-0.2, -0.15) is 0 Å². The quantitative estimate of drug-likeness (QED) is 0.182. The first-order chi connectivity index (χ1) is 13.9. The highest BCUT2D eigenvalue weighted by atomic mass is 35.5. The summed E-state index contributed by atoms with van der Waals surface area (Å²) >= 11 is 0. The minimum absolute atomic E-state index is 0. The Labute approximate surface area is 176 Å². The third-order valence-electron chi connectivity index (χ3n) is 4.37. The van der Waals surface area contributed by atoms with Gasteiger partial charge in [0.1, 0.15) is 28.8 Å². The van der Waals surface area contributed by atoms with Gasteiger partial charge >= 0.3 is 0 Å². The average molecular weight is 428 g/mol. The van der Waals surface area contributed by atoms with Gasteiger partial charge in [0.05, 0.1) is 11.0 Å². The SMILES string of the molecule is Cl.Nc1cccc(C(=O)/C(=C(/O)c2cc(F)cc(F)c2)c2nc3ccccc3[nH]2)c1. The van der Waals surface area contributed by atoms with Crippen LogP contribution in [0.3, 0.4) is 0 Å². The van der Waals surface area contributed by atoms with E-state index in [0.29, 0.717) is 22.8 Å². The molecule has 0 saturated carbocycles. The number of nitrogens with one attached hydrogen (secondary N) is 1. The molecule has 0 fully saturated rings. The molecule has 4 aromatic rings. The number of fused-ring (bicyclic) bond motifs is 1. The molecular formula is C22H16ClF2N3O2. The Morgan fingerprint density at radius 1 is 0.933 bits per heavy atom. The van der Waals surface area contributed by atoms with Gasteiger partial charge in [0, 0.05) is 22.9 Å². The number of benzene rings is 3. The Hall–Kier alpha value is -3.71. The molecule has 0 bridgehead atoms. The van der Waals surface area contributed by atoms with Gasteiger partial charge in [0.15, 0.2) is 0 Å². The van der Waals surface area contributed by atoms with Crippen LogP contribution in [0.4, 0.5) is 14.5 Å². The maximum Gasteiger partial charge on any atom is 0.200 e. The Bertz CT molecular complexity index is 1230. The van der Waals surface area contributed by atoms with Crippen molar-refractivity contribution < 1.29 is 18.7 Å². The van der Waals surface area contributed by atoms with Gasteiger partial charge in [-0.25, -0.2) is 13.8 Å². The van der Waals surface area contributed by atoms with Crippen molar-refractivity contribution >= 4 is 46.2 Å². The number of ketones is 1. The van der Waals surface area contributed by atoms with Crippen molar-refractivity contribution in [1.82, 2.24) is 9.97 Å². The van der Waals surface area contributed by atoms with Gasteiger partial charge < -0.3 is 15.8 Å². The molecule has 0 spiro atoms. The highest BCUT2D eigenvalue weighted by Crippen LogP contribution is 2.29. The Balaban J connectivity index is 0.00000256. The molecule has 0 aliphatic rings. The van der Waals surface area contributed by atoms with Crippen molar-refractivity contribution in [2.75, 3.05) is 5.73 Å². The lowest BCUT2D eigenvalue weighted by Crippen LogP contribution is -2.08. The number of aliphatic hydroxyl groups excluding tert-OH is 1. The topological polar surface area (TPSA) is 92.0 Å². The van der Waals surface area contributed by atoms with Crippen LogP contribution >= 0.6 is 12.4 Å². The molecule has 0 radical (unpaired) electrons. The minimum atomic E-state index is -0.882. The van der Waals surface area contributed by atoms with Crippen molar-refractivity contribution in [3.05, 3.63) is 95.3 Å². The fourth-order valence-electron chi connectivity index (χ4n) is 3.06. The van der Waals surface area contributed by atoms with Gasteiger partial charge in [0.2, 0.25) is 5.78 Å². The van der Waals surface area contributed by atoms with Crippen molar-refractivity contribution in [3.8, 4) is 0 Å². The molecule has 5 nitrogen and oxygen atoms in total. The lowest BCUT2D eigenvalue weighted by Gasteiger charge is -2.10. The molecule has 4 rings (SSSR count). The van der Waals surface area contributed by atoms with Crippen LogP contribution in [0.5, 0.6) is 0 Å². The molecule has 0 aliphatic carbocycles. The van der Waals surface area contributed by atoms with Crippen LogP contribution in [0, 0.1) is 11.6 Å². The lowest BCUT2D eigenvalue weighted by atomic mass is 9.98. The molecule has 0 atom stereocenters. The summed E-state index contributed by atoms with van der Waals surface area (Å²) in [6.07, 6.45) is 0. The van der Waals surface area contributed by atoms with Gasteiger partial charge in [0.25, 0.3) is 0 Å². The van der Waals surface area contributed by atoms with E-state index in [1.54, 1.807) is 36.4 Å². The second kappa shape index (κ2) is 8.34. The van der Waals surface area contributed by atoms with Gasteiger partial charge in [-0.3, -0.25) is 4.79 Å². The third kappa shape index (κ3) is 4.01. The van der Waals surface area contributed by atoms with Crippen LogP contribution in [-0.4, -0.2) is 20.9 Å². The average Bonchev–Trinajstić information content (AvgIpc) is 3.10. The monoisotopic (exact) mass is 427 g/mol. The van der Waals surface area contributed by atoms with E-state index in [0.717, 1.165) is 12.1 Å². The number of aliphatic hydroxyl groups is 1. The van der Waals surface area contributed by atoms with Crippen molar-refractivity contribution in [1.29, 1.82) is 0 Å². The van der Waals surface area contributed by atoms with E-state index in [9.17, 15) is 18.7 Å². The van der Waals surface area contributed by atoms with E-state index in [1.165, 1.54) is 12.1 Å². The van der Waals surface area contributed by atoms with Crippen molar-refractivity contribution in [3.63, 3.8) is 0 Å². The molecular weight excluding hydrogens is 412 g/mol. The largest absolute Gasteiger partial charge is 0.506 e. The van der Waals surface area contributed by atoms with E-state index in [1.807, 2.05) is 0 Å². The van der Waals surface area contributed by atoms with Crippen molar-refractivity contribution in [2.45, 2.75) is 0 Å². The third-order valence-corrected chi connectivity index (χ3v) is 4.37. The molecule has 8 heteroatoms. The number of H-pyrrole nitrogens is 1. The van der Waals surface area contributed by atoms with Crippen LogP contribution in [0.1, 0.15) is 21.7 Å². The number of para-hydroxylation sites is 2. The maximum atomic E-state index is 13.7. The lowest BCUT2D eigenvalue weighted by molar-refractivity contribution is 0.105. The van der Waals surface area contributed by atoms with Crippen LogP contribution in [0.2, 0.25) is 0 Å². The number of nitrogen functional groups attached to an aromatic ring is 1. The number of nitrogens with two attached hydrogens (primary N) is 1. The number of hydrogen-bond donors (Lipinski definition) is 3. The molecule has 0 aliphatic heterocycles. The molecule has 152 valence electrons. The first kappa shape index (κ1) is 21.0. The molecule has 0 unspecified atom stereocenters. The van der Waals surface area contributed by atoms with Crippen LogP contribution in [0.25, 0.3) is 22.4 Å². The number of aromatic nitrogens is 2. The summed E-state index contributed by atoms with van der Waals surface area (Å²) in [5, 5.41) is 10.8. The van der Waals surface area contributed by atoms with Crippen molar-refractivity contribution in [2.24, 2.45) is 0 Å². The first-order valence-corrected chi connectivity index (χ1v) is 8.67. The minimum Gasteiger partial charge on any atom is -0.506 e. The predicted molar refractivity (Wildman–Crippen MR) is 114 cm³/mol. The van der Waals surface area contributed by atoms with Gasteiger partial charge in [-0.15, -0.1) is 12.4 Å². The highest BCUT2D eigenvalue weighted by Gasteiger charge is 2.24. The summed E-state index contributed by atoms with van der Waals surface area (Å²) in [6, 6.07) is 15.8. The summed E-state index contributed by atoms with van der Waals surface area (Å²) in [6.45, 7) is 0. The highest BCUT2D eigenvalue weighted by molar-refractivity contribution is 6.33. The van der Waals surface area contributed by atoms with Crippen LogP contribution in [-0.2, 0) is 0 Å². The van der Waals surface area contributed by atoms with E-state index < -0.39 is 23.2 Å². The molecule has 0 amide bonds. The maximum absolute atomic E-state index is 13.7. The van der Waals surface area contributed by atoms with Gasteiger partial charge in [-0.1, -0.05) is 24.3 Å². The number of allylic oxidation sites excluding steroid dienone is 1. The fraction of sp³-hybridized carbons (Fsp3) is 0. The Morgan fingerprint density at radius 2 is 1.63 bits per heavy atom. The zero-order chi connectivity index (χ0) is 20.5. The number of aromatic amines is 1. The van der Waals surface area contributed by atoms with E-state index in [4.69, 9.17) is 5.73 Å². The smallest absolute Gasteiger partial charge is 0.200 e. The molecule has 0 saturated heterocycles. The molecule has 1 aromatic heterocycles. The number of Topliss-reactive ketones (excluding diaryl/α,β-unsaturated/α-hetero) is 1. The predicted octanol–water partition coefficient (Wildman–Crippen LogP) is 5.15. The molecule has 3 aromatic carbocycles. The van der Waals surface area contributed by atoms with E-state index >= 15 is 0 Å². The first-order valence-electron chi connectivity index (χ1n) is 8.67. The number of carbonyl (C=O) groups is 1. The normalized spacial score (nSPS) is 11.7. The number of halogens is 3. The second-order valence-electron chi connectivity index (χ2n) is 6.44. The summed E-state index contributed by atoms with van der Waals surface area (Å²) in [5.74, 6) is -2.90. The number of anilines is 1. The summed E-state index contributed by atoms with van der Waals surface area (Å²) in [4.78, 5) is 20.6. The molecule has 4 N–H and O–H groups in total. The Kier molecular flexibility index (Phi) is 5.84. The van der Waals surface area contributed by atoms with Crippen LogP contribution in [0.15, 0.2) is 66.7 Å². The second-order valence-corrected chi connectivity index (χ2v) is 6.44. The van der Waals surface area contributed by atoms with Gasteiger partial charge in [-0.05, 0) is 36.4 Å². The number of nitrogens with zero attached hydrogens (tertiary/aromatic N) is 1. The summed E-state index contributed by atoms with van der Waals surface area (Å²) in [5.41, 5.74) is 7.12. The van der Waals surface area contributed by atoms with Crippen LogP contribution < -0.4 is 5.73 Å². The van der Waals surface area contributed by atoms with E-state index in [2.05, 4.69) is 9.97 Å². The number of imidazole rings is 1. The number of hydrogen-bond acceptors (Lipinski definition) is 4.